The van der Waals surface area contributed by atoms with Gasteiger partial charge < -0.3 is 10.2 Å². The van der Waals surface area contributed by atoms with Gasteiger partial charge in [-0.1, -0.05) is 38.0 Å². The zero-order valence-corrected chi connectivity index (χ0v) is 12.4. The molecule has 0 aromatic heterocycles. The van der Waals surface area contributed by atoms with E-state index < -0.39 is 0 Å². The van der Waals surface area contributed by atoms with Gasteiger partial charge in [-0.3, -0.25) is 0 Å². The van der Waals surface area contributed by atoms with Crippen LogP contribution >= 0.6 is 0 Å². The Morgan fingerprint density at radius 2 is 1.89 bits per heavy atom. The van der Waals surface area contributed by atoms with Crippen LogP contribution in [0.5, 0.6) is 0 Å². The van der Waals surface area contributed by atoms with Gasteiger partial charge in [0.2, 0.25) is 0 Å². The molecule has 1 fully saturated rings. The predicted octanol–water partition coefficient (Wildman–Crippen LogP) is 4.00. The van der Waals surface area contributed by atoms with E-state index in [1.165, 1.54) is 44.3 Å². The van der Waals surface area contributed by atoms with Crippen LogP contribution in [0.25, 0.3) is 0 Å². The Morgan fingerprint density at radius 1 is 1.16 bits per heavy atom. The average molecular weight is 260 g/mol. The Kier molecular flexibility index (Phi) is 5.71. The van der Waals surface area contributed by atoms with Gasteiger partial charge in [-0.2, -0.15) is 0 Å². The maximum Gasteiger partial charge on any atom is 0.0340 e. The standard InChI is InChI=1S/C17H28N2/c1-15-9-6-7-12-17(15)19(2)14-8-13-18-16-10-4-3-5-11-16/h3-5,10-11,15,17-18H,6-9,12-14H2,1-2H3. The number of hydrogen-bond donors (Lipinski definition) is 1. The minimum Gasteiger partial charge on any atom is -0.385 e. The van der Waals surface area contributed by atoms with Gasteiger partial charge in [-0.25, -0.2) is 0 Å². The fourth-order valence-corrected chi connectivity index (χ4v) is 3.23. The largest absolute Gasteiger partial charge is 0.385 e. The molecule has 1 N–H and O–H groups in total. The molecule has 1 aliphatic carbocycles. The Labute approximate surface area is 118 Å². The summed E-state index contributed by atoms with van der Waals surface area (Å²) in [5.74, 6) is 0.876. The van der Waals surface area contributed by atoms with E-state index in [1.807, 2.05) is 0 Å². The summed E-state index contributed by atoms with van der Waals surface area (Å²) in [5.41, 5.74) is 1.23. The first-order valence-electron chi connectivity index (χ1n) is 7.76. The average Bonchev–Trinajstić information content (AvgIpc) is 2.45. The minimum atomic E-state index is 0.811. The quantitative estimate of drug-likeness (QED) is 0.778. The summed E-state index contributed by atoms with van der Waals surface area (Å²) < 4.78 is 0. The molecule has 0 bridgehead atoms. The van der Waals surface area contributed by atoms with Crippen LogP contribution in [-0.2, 0) is 0 Å². The smallest absolute Gasteiger partial charge is 0.0340 e. The van der Waals surface area contributed by atoms with E-state index in [4.69, 9.17) is 0 Å². The number of rotatable bonds is 6. The Morgan fingerprint density at radius 3 is 2.63 bits per heavy atom. The van der Waals surface area contributed by atoms with Gasteiger partial charge in [-0.15, -0.1) is 0 Å². The number of benzene rings is 1. The molecule has 0 amide bonds. The molecule has 1 aliphatic rings. The highest BCUT2D eigenvalue weighted by Gasteiger charge is 2.24. The molecule has 0 aliphatic heterocycles. The van der Waals surface area contributed by atoms with Crippen molar-refractivity contribution in [2.75, 3.05) is 25.5 Å². The molecule has 0 radical (unpaired) electrons. The Balaban J connectivity index is 1.65. The number of nitrogens with one attached hydrogen (secondary N) is 1. The maximum atomic E-state index is 3.49. The van der Waals surface area contributed by atoms with Gasteiger partial charge in [0.15, 0.2) is 0 Å². The van der Waals surface area contributed by atoms with Crippen molar-refractivity contribution in [3.8, 4) is 0 Å². The SMILES string of the molecule is CC1CCCCC1N(C)CCCNc1ccccc1. The lowest BCUT2D eigenvalue weighted by Crippen LogP contribution is -2.39. The van der Waals surface area contributed by atoms with Crippen LogP contribution in [0.3, 0.4) is 0 Å². The lowest BCUT2D eigenvalue weighted by Gasteiger charge is -2.36. The van der Waals surface area contributed by atoms with Crippen LogP contribution in [-0.4, -0.2) is 31.1 Å². The van der Waals surface area contributed by atoms with Gasteiger partial charge in [-0.05, 0) is 50.9 Å². The van der Waals surface area contributed by atoms with Crippen LogP contribution in [0, 0.1) is 5.92 Å². The Hall–Kier alpha value is -1.02. The van der Waals surface area contributed by atoms with Crippen molar-refractivity contribution in [2.45, 2.75) is 45.1 Å². The summed E-state index contributed by atoms with van der Waals surface area (Å²) in [4.78, 5) is 2.58. The summed E-state index contributed by atoms with van der Waals surface area (Å²) in [6.07, 6.45) is 6.87. The summed E-state index contributed by atoms with van der Waals surface area (Å²) >= 11 is 0. The van der Waals surface area contributed by atoms with Crippen molar-refractivity contribution in [2.24, 2.45) is 5.92 Å². The van der Waals surface area contributed by atoms with Gasteiger partial charge in [0, 0.05) is 18.3 Å². The first-order chi connectivity index (χ1) is 9.27. The third kappa shape index (κ3) is 4.54. The van der Waals surface area contributed by atoms with E-state index in [0.29, 0.717) is 0 Å². The van der Waals surface area contributed by atoms with Crippen molar-refractivity contribution in [1.82, 2.24) is 4.90 Å². The van der Waals surface area contributed by atoms with Crippen LogP contribution in [0.1, 0.15) is 39.0 Å². The lowest BCUT2D eigenvalue weighted by atomic mass is 9.85. The van der Waals surface area contributed by atoms with E-state index in [2.05, 4.69) is 54.5 Å². The molecule has 106 valence electrons. The van der Waals surface area contributed by atoms with Crippen LogP contribution in [0.15, 0.2) is 30.3 Å². The summed E-state index contributed by atoms with van der Waals surface area (Å²) in [7, 11) is 2.30. The van der Waals surface area contributed by atoms with Crippen LogP contribution in [0.4, 0.5) is 5.69 Å². The zero-order valence-electron chi connectivity index (χ0n) is 12.4. The van der Waals surface area contributed by atoms with E-state index >= 15 is 0 Å². The first kappa shape index (κ1) is 14.4. The number of nitrogens with zero attached hydrogens (tertiary/aromatic N) is 1. The van der Waals surface area contributed by atoms with Crippen molar-refractivity contribution >= 4 is 5.69 Å². The summed E-state index contributed by atoms with van der Waals surface area (Å²) in [5, 5.41) is 3.49. The lowest BCUT2D eigenvalue weighted by molar-refractivity contribution is 0.139. The second-order valence-corrected chi connectivity index (χ2v) is 5.96. The highest BCUT2D eigenvalue weighted by Crippen LogP contribution is 2.27. The Bertz CT molecular complexity index is 350. The second-order valence-electron chi connectivity index (χ2n) is 5.96. The molecule has 2 rings (SSSR count). The van der Waals surface area contributed by atoms with E-state index in [0.717, 1.165) is 18.5 Å². The van der Waals surface area contributed by atoms with E-state index in [1.54, 1.807) is 0 Å². The van der Waals surface area contributed by atoms with Gasteiger partial charge >= 0.3 is 0 Å². The minimum absolute atomic E-state index is 0.811. The maximum absolute atomic E-state index is 3.49. The number of para-hydroxylation sites is 1. The molecule has 1 aromatic rings. The normalized spacial score (nSPS) is 23.5. The van der Waals surface area contributed by atoms with E-state index in [9.17, 15) is 0 Å². The summed E-state index contributed by atoms with van der Waals surface area (Å²) in [6, 6.07) is 11.3. The topological polar surface area (TPSA) is 15.3 Å². The monoisotopic (exact) mass is 260 g/mol. The molecule has 2 atom stereocenters. The molecule has 2 nitrogen and oxygen atoms in total. The van der Waals surface area contributed by atoms with Gasteiger partial charge in [0.25, 0.3) is 0 Å². The first-order valence-corrected chi connectivity index (χ1v) is 7.76. The van der Waals surface area contributed by atoms with E-state index in [-0.39, 0.29) is 0 Å². The van der Waals surface area contributed by atoms with Crippen molar-refractivity contribution < 1.29 is 0 Å². The molecule has 1 aromatic carbocycles. The molecule has 0 spiro atoms. The molecule has 0 saturated heterocycles. The number of anilines is 1. The molecular weight excluding hydrogens is 232 g/mol. The molecule has 19 heavy (non-hydrogen) atoms. The molecule has 2 unspecified atom stereocenters. The fraction of sp³-hybridized carbons (Fsp3) is 0.647. The highest BCUT2D eigenvalue weighted by molar-refractivity contribution is 5.42. The number of hydrogen-bond acceptors (Lipinski definition) is 2. The van der Waals surface area contributed by atoms with Gasteiger partial charge in [0.05, 0.1) is 0 Å². The van der Waals surface area contributed by atoms with Crippen LogP contribution < -0.4 is 5.32 Å². The second kappa shape index (κ2) is 7.54. The van der Waals surface area contributed by atoms with Crippen molar-refractivity contribution in [3.63, 3.8) is 0 Å². The van der Waals surface area contributed by atoms with Gasteiger partial charge in [0.1, 0.15) is 0 Å². The third-order valence-electron chi connectivity index (χ3n) is 4.42. The fourth-order valence-electron chi connectivity index (χ4n) is 3.23. The third-order valence-corrected chi connectivity index (χ3v) is 4.42. The zero-order chi connectivity index (χ0) is 13.5. The van der Waals surface area contributed by atoms with Crippen molar-refractivity contribution in [3.05, 3.63) is 30.3 Å². The molecule has 1 saturated carbocycles. The predicted molar refractivity (Wildman–Crippen MR) is 83.6 cm³/mol. The molecule has 2 heteroatoms. The van der Waals surface area contributed by atoms with Crippen LogP contribution in [0.2, 0.25) is 0 Å². The van der Waals surface area contributed by atoms with Crippen molar-refractivity contribution in [1.29, 1.82) is 0 Å². The molecule has 0 heterocycles. The highest BCUT2D eigenvalue weighted by atomic mass is 15.1. The summed E-state index contributed by atoms with van der Waals surface area (Å²) in [6.45, 7) is 4.69. The molecular formula is C17H28N2.